The zero-order valence-electron chi connectivity index (χ0n) is 11.3. The van der Waals surface area contributed by atoms with Crippen molar-refractivity contribution in [3.8, 4) is 0 Å². The molecular formula is C14H25NO2. The second-order valence-electron chi connectivity index (χ2n) is 5.85. The minimum Gasteiger partial charge on any atom is -0.381 e. The predicted molar refractivity (Wildman–Crippen MR) is 67.7 cm³/mol. The van der Waals surface area contributed by atoms with Crippen molar-refractivity contribution in [1.82, 2.24) is 4.90 Å². The maximum absolute atomic E-state index is 12.6. The molecule has 0 aromatic carbocycles. The molecule has 2 rings (SSSR count). The number of rotatable bonds is 4. The first-order valence-electron chi connectivity index (χ1n) is 7.01. The Kier molecular flexibility index (Phi) is 4.08. The average molecular weight is 239 g/mol. The highest BCUT2D eigenvalue weighted by Gasteiger charge is 2.39. The molecule has 3 heteroatoms. The van der Waals surface area contributed by atoms with Gasteiger partial charge in [-0.3, -0.25) is 4.79 Å². The van der Waals surface area contributed by atoms with Crippen LogP contribution in [0.4, 0.5) is 0 Å². The minimum absolute atomic E-state index is 0.213. The van der Waals surface area contributed by atoms with Gasteiger partial charge in [0.2, 0.25) is 5.91 Å². The summed E-state index contributed by atoms with van der Waals surface area (Å²) in [5, 5.41) is 0. The lowest BCUT2D eigenvalue weighted by Crippen LogP contribution is -2.47. The predicted octanol–water partition coefficient (Wildman–Crippen LogP) is 2.45. The molecule has 0 aromatic heterocycles. The van der Waals surface area contributed by atoms with E-state index >= 15 is 0 Å². The van der Waals surface area contributed by atoms with Gasteiger partial charge < -0.3 is 9.64 Å². The van der Waals surface area contributed by atoms with Crippen LogP contribution in [0.5, 0.6) is 0 Å². The number of carbonyl (C=O) groups is 1. The van der Waals surface area contributed by atoms with Crippen molar-refractivity contribution in [2.24, 2.45) is 11.8 Å². The first-order chi connectivity index (χ1) is 8.11. The molecule has 0 aromatic rings. The number of carbonyl (C=O) groups excluding carboxylic acids is 1. The van der Waals surface area contributed by atoms with Gasteiger partial charge in [0, 0.05) is 31.2 Å². The first-order valence-corrected chi connectivity index (χ1v) is 7.01. The molecule has 17 heavy (non-hydrogen) atoms. The molecule has 1 heterocycles. The molecule has 98 valence electrons. The molecule has 1 atom stereocenters. The highest BCUT2D eigenvalue weighted by Crippen LogP contribution is 2.33. The van der Waals surface area contributed by atoms with E-state index in [-0.39, 0.29) is 5.92 Å². The van der Waals surface area contributed by atoms with E-state index in [2.05, 4.69) is 25.7 Å². The number of ether oxygens (including phenoxy) is 1. The highest BCUT2D eigenvalue weighted by molar-refractivity contribution is 5.80. The van der Waals surface area contributed by atoms with Crippen LogP contribution in [-0.2, 0) is 9.53 Å². The van der Waals surface area contributed by atoms with Crippen molar-refractivity contribution >= 4 is 5.91 Å². The Morgan fingerprint density at radius 3 is 2.18 bits per heavy atom. The summed E-state index contributed by atoms with van der Waals surface area (Å²) in [5.41, 5.74) is 0. The van der Waals surface area contributed by atoms with Gasteiger partial charge in [-0.2, -0.15) is 0 Å². The van der Waals surface area contributed by atoms with Crippen LogP contribution in [0.2, 0.25) is 0 Å². The van der Waals surface area contributed by atoms with Gasteiger partial charge in [-0.25, -0.2) is 0 Å². The van der Waals surface area contributed by atoms with E-state index in [4.69, 9.17) is 4.74 Å². The van der Waals surface area contributed by atoms with Crippen LogP contribution in [0.15, 0.2) is 0 Å². The van der Waals surface area contributed by atoms with Crippen molar-refractivity contribution in [3.05, 3.63) is 0 Å². The molecule has 1 amide bonds. The van der Waals surface area contributed by atoms with Crippen LogP contribution >= 0.6 is 0 Å². The molecule has 0 radical (unpaired) electrons. The van der Waals surface area contributed by atoms with Gasteiger partial charge in [0.1, 0.15) is 0 Å². The minimum atomic E-state index is 0.213. The van der Waals surface area contributed by atoms with E-state index in [9.17, 15) is 4.79 Å². The second-order valence-corrected chi connectivity index (χ2v) is 5.85. The summed E-state index contributed by atoms with van der Waals surface area (Å²) in [6, 6.07) is 0.903. The van der Waals surface area contributed by atoms with Crippen LogP contribution in [-0.4, -0.2) is 36.1 Å². The van der Waals surface area contributed by atoms with Crippen LogP contribution in [0, 0.1) is 11.8 Å². The number of nitrogens with zero attached hydrogens (tertiary/aromatic N) is 1. The van der Waals surface area contributed by atoms with Gasteiger partial charge in [-0.15, -0.1) is 0 Å². The topological polar surface area (TPSA) is 29.5 Å². The van der Waals surface area contributed by atoms with E-state index in [0.717, 1.165) is 26.1 Å². The molecule has 1 aliphatic heterocycles. The third-order valence-corrected chi connectivity index (χ3v) is 4.17. The summed E-state index contributed by atoms with van der Waals surface area (Å²) < 4.78 is 5.34. The van der Waals surface area contributed by atoms with Crippen LogP contribution in [0.3, 0.4) is 0 Å². The van der Waals surface area contributed by atoms with Gasteiger partial charge in [0.05, 0.1) is 0 Å². The van der Waals surface area contributed by atoms with E-state index in [1.54, 1.807) is 0 Å². The lowest BCUT2D eigenvalue weighted by atomic mass is 9.95. The van der Waals surface area contributed by atoms with Gasteiger partial charge in [0.25, 0.3) is 0 Å². The molecule has 2 fully saturated rings. The molecule has 0 spiro atoms. The van der Waals surface area contributed by atoms with Gasteiger partial charge in [0.15, 0.2) is 0 Å². The Bertz CT molecular complexity index is 267. The molecule has 2 aliphatic rings. The Labute approximate surface area is 105 Å². The normalized spacial score (nSPS) is 23.8. The molecular weight excluding hydrogens is 214 g/mol. The first kappa shape index (κ1) is 12.9. The van der Waals surface area contributed by atoms with E-state index in [1.807, 2.05) is 0 Å². The number of amides is 1. The largest absolute Gasteiger partial charge is 0.381 e. The fourth-order valence-corrected chi connectivity index (χ4v) is 2.54. The third-order valence-electron chi connectivity index (χ3n) is 4.17. The molecule has 3 nitrogen and oxygen atoms in total. The van der Waals surface area contributed by atoms with Crippen LogP contribution < -0.4 is 0 Å². The fraction of sp³-hybridized carbons (Fsp3) is 0.929. The molecule has 0 bridgehead atoms. The maximum atomic E-state index is 12.6. The standard InChI is InChI=1S/C14H25NO2/c1-10(2)11(3)15(13-4-5-13)14(16)12-6-8-17-9-7-12/h10-13H,4-9H2,1-3H3. The van der Waals surface area contributed by atoms with Crippen LogP contribution in [0.1, 0.15) is 46.5 Å². The average Bonchev–Trinajstić information content (AvgIpc) is 3.14. The van der Waals surface area contributed by atoms with Gasteiger partial charge >= 0.3 is 0 Å². The molecule has 1 saturated heterocycles. The summed E-state index contributed by atoms with van der Waals surface area (Å²) in [4.78, 5) is 14.8. The van der Waals surface area contributed by atoms with Crippen LogP contribution in [0.25, 0.3) is 0 Å². The summed E-state index contributed by atoms with van der Waals surface area (Å²) in [7, 11) is 0. The number of hydrogen-bond acceptors (Lipinski definition) is 2. The van der Waals surface area contributed by atoms with E-state index in [1.165, 1.54) is 12.8 Å². The Morgan fingerprint density at radius 1 is 1.12 bits per heavy atom. The van der Waals surface area contributed by atoms with Gasteiger partial charge in [-0.05, 0) is 38.5 Å². The quantitative estimate of drug-likeness (QED) is 0.754. The van der Waals surface area contributed by atoms with Crippen molar-refractivity contribution in [2.75, 3.05) is 13.2 Å². The summed E-state index contributed by atoms with van der Waals surface area (Å²) >= 11 is 0. The fourth-order valence-electron chi connectivity index (χ4n) is 2.54. The lowest BCUT2D eigenvalue weighted by Gasteiger charge is -2.36. The number of hydrogen-bond donors (Lipinski definition) is 0. The SMILES string of the molecule is CC(C)C(C)N(C(=O)C1CCOCC1)C1CC1. The third kappa shape index (κ3) is 3.01. The zero-order chi connectivity index (χ0) is 12.4. The lowest BCUT2D eigenvalue weighted by molar-refractivity contribution is -0.142. The van der Waals surface area contributed by atoms with Crippen molar-refractivity contribution in [3.63, 3.8) is 0 Å². The monoisotopic (exact) mass is 239 g/mol. The van der Waals surface area contributed by atoms with Crippen molar-refractivity contribution in [2.45, 2.75) is 58.5 Å². The van der Waals surface area contributed by atoms with E-state index in [0.29, 0.717) is 23.9 Å². The van der Waals surface area contributed by atoms with Crippen molar-refractivity contribution in [1.29, 1.82) is 0 Å². The molecule has 1 saturated carbocycles. The molecule has 1 aliphatic carbocycles. The zero-order valence-corrected chi connectivity index (χ0v) is 11.3. The Hall–Kier alpha value is -0.570. The Balaban J connectivity index is 2.01. The van der Waals surface area contributed by atoms with Crippen molar-refractivity contribution < 1.29 is 9.53 Å². The highest BCUT2D eigenvalue weighted by atomic mass is 16.5. The maximum Gasteiger partial charge on any atom is 0.226 e. The summed E-state index contributed by atoms with van der Waals surface area (Å²) in [5.74, 6) is 1.14. The Morgan fingerprint density at radius 2 is 1.71 bits per heavy atom. The smallest absolute Gasteiger partial charge is 0.226 e. The summed E-state index contributed by atoms with van der Waals surface area (Å²) in [6.45, 7) is 8.12. The summed E-state index contributed by atoms with van der Waals surface area (Å²) in [6.07, 6.45) is 4.22. The molecule has 1 unspecified atom stereocenters. The molecule has 0 N–H and O–H groups in total. The van der Waals surface area contributed by atoms with Gasteiger partial charge in [-0.1, -0.05) is 13.8 Å². The second kappa shape index (κ2) is 5.38. The van der Waals surface area contributed by atoms with E-state index < -0.39 is 0 Å².